The molecular weight excluding hydrogens is 426 g/mol. The second kappa shape index (κ2) is 10.3. The van der Waals surface area contributed by atoms with Gasteiger partial charge in [0, 0.05) is 16.7 Å². The zero-order chi connectivity index (χ0) is 22.4. The van der Waals surface area contributed by atoms with E-state index in [0.29, 0.717) is 27.8 Å². The van der Waals surface area contributed by atoms with Crippen molar-refractivity contribution < 1.29 is 23.8 Å². The molecule has 10 nitrogen and oxygen atoms in total. The van der Waals surface area contributed by atoms with Crippen LogP contribution in [0.4, 0.5) is 0 Å². The minimum atomic E-state index is -0.842. The van der Waals surface area contributed by atoms with Crippen LogP contribution >= 0.6 is 11.6 Å². The van der Waals surface area contributed by atoms with Gasteiger partial charge in [-0.3, -0.25) is 9.79 Å². The number of benzene rings is 1. The number of methoxy groups -OCH3 is 1. The molecule has 2 unspecified atom stereocenters. The van der Waals surface area contributed by atoms with Crippen molar-refractivity contribution in [1.29, 1.82) is 0 Å². The van der Waals surface area contributed by atoms with E-state index < -0.39 is 23.8 Å². The maximum Gasteiger partial charge on any atom is 0.336 e. The van der Waals surface area contributed by atoms with Gasteiger partial charge >= 0.3 is 11.9 Å². The van der Waals surface area contributed by atoms with Crippen LogP contribution < -0.4 is 0 Å². The molecule has 31 heavy (non-hydrogen) atoms. The number of rotatable bonds is 8. The van der Waals surface area contributed by atoms with Crippen molar-refractivity contribution in [1.82, 2.24) is 20.6 Å². The normalized spacial score (nSPS) is 18.5. The fraction of sp³-hybridized carbons (Fsp3) is 0.400. The number of esters is 2. The Morgan fingerprint density at radius 2 is 2.00 bits per heavy atom. The molecule has 0 fully saturated rings. The number of aromatic amines is 1. The molecule has 1 aliphatic heterocycles. The lowest BCUT2D eigenvalue weighted by Crippen LogP contribution is -2.37. The second-order valence-corrected chi connectivity index (χ2v) is 7.06. The zero-order valence-corrected chi connectivity index (χ0v) is 18.0. The number of aliphatic imine (C=N–C) groups is 1. The van der Waals surface area contributed by atoms with Crippen LogP contribution in [0.2, 0.25) is 5.02 Å². The van der Waals surface area contributed by atoms with Crippen LogP contribution in [0.15, 0.2) is 40.5 Å². The number of hydrogen-bond acceptors (Lipinski definition) is 9. The molecule has 2 heterocycles. The Balaban J connectivity index is 2.08. The van der Waals surface area contributed by atoms with E-state index in [1.165, 1.54) is 7.11 Å². The third kappa shape index (κ3) is 4.97. The summed E-state index contributed by atoms with van der Waals surface area (Å²) < 4.78 is 16.0. The number of nitrogens with zero attached hydrogens (tertiary/aromatic N) is 4. The maximum atomic E-state index is 13.0. The Hall–Kier alpha value is -3.11. The van der Waals surface area contributed by atoms with Gasteiger partial charge in [0.15, 0.2) is 5.82 Å². The summed E-state index contributed by atoms with van der Waals surface area (Å²) in [4.78, 5) is 30.2. The van der Waals surface area contributed by atoms with Gasteiger partial charge in [0.05, 0.1) is 31.6 Å². The van der Waals surface area contributed by atoms with Crippen LogP contribution in [0.5, 0.6) is 0 Å². The van der Waals surface area contributed by atoms with Crippen LogP contribution in [-0.4, -0.2) is 58.6 Å². The first-order chi connectivity index (χ1) is 15.0. The van der Waals surface area contributed by atoms with Gasteiger partial charge in [0.1, 0.15) is 12.5 Å². The Kier molecular flexibility index (Phi) is 7.48. The van der Waals surface area contributed by atoms with Crippen LogP contribution in [-0.2, 0) is 30.4 Å². The first-order valence-corrected chi connectivity index (χ1v) is 9.93. The predicted molar refractivity (Wildman–Crippen MR) is 110 cm³/mol. The van der Waals surface area contributed by atoms with Crippen molar-refractivity contribution in [3.8, 4) is 0 Å². The van der Waals surface area contributed by atoms with Gasteiger partial charge in [0.25, 0.3) is 0 Å². The number of carbonyl (C=O) groups excluding carboxylic acids is 2. The number of H-pyrrole nitrogens is 1. The molecule has 0 aliphatic carbocycles. The molecule has 2 aromatic rings. The molecule has 164 valence electrons. The van der Waals surface area contributed by atoms with Crippen molar-refractivity contribution in [3.05, 3.63) is 51.9 Å². The molecule has 0 saturated heterocycles. The largest absolute Gasteiger partial charge is 0.468 e. The van der Waals surface area contributed by atoms with Crippen molar-refractivity contribution in [2.75, 3.05) is 20.3 Å². The molecule has 3 rings (SSSR count). The van der Waals surface area contributed by atoms with Gasteiger partial charge in [0.2, 0.25) is 0 Å². The predicted octanol–water partition coefficient (Wildman–Crippen LogP) is 2.23. The molecule has 0 radical (unpaired) electrons. The average Bonchev–Trinajstić information content (AvgIpc) is 3.27. The standard InChI is InChI=1S/C20H22ClN5O5/c1-4-31-20(28)18-14(9-30-10-15-23-25-26-24-15)22-11(2)16(19(27)29-3)17(18)12-7-5-6-8-13(12)21/h5-8,16-17H,4,9-10H2,1-3H3,(H,23,24,25,26). The number of hydrogen-bond donors (Lipinski definition) is 1. The Morgan fingerprint density at radius 3 is 2.65 bits per heavy atom. The third-order valence-corrected chi connectivity index (χ3v) is 5.11. The fourth-order valence-electron chi connectivity index (χ4n) is 3.47. The average molecular weight is 448 g/mol. The highest BCUT2D eigenvalue weighted by atomic mass is 35.5. The molecule has 11 heteroatoms. The molecule has 1 aliphatic rings. The van der Waals surface area contributed by atoms with E-state index in [9.17, 15) is 9.59 Å². The summed E-state index contributed by atoms with van der Waals surface area (Å²) in [7, 11) is 1.29. The minimum Gasteiger partial charge on any atom is -0.468 e. The topological polar surface area (TPSA) is 129 Å². The van der Waals surface area contributed by atoms with Gasteiger partial charge in [-0.1, -0.05) is 35.0 Å². The molecule has 0 saturated carbocycles. The number of nitrogens with one attached hydrogen (secondary N) is 1. The molecule has 0 bridgehead atoms. The smallest absolute Gasteiger partial charge is 0.336 e. The third-order valence-electron chi connectivity index (χ3n) is 4.77. The van der Waals surface area contributed by atoms with Gasteiger partial charge in [-0.2, -0.15) is 5.21 Å². The lowest BCUT2D eigenvalue weighted by Gasteiger charge is -2.32. The maximum absolute atomic E-state index is 13.0. The number of aromatic nitrogens is 4. The number of halogens is 1. The number of tetrazole rings is 1. The summed E-state index contributed by atoms with van der Waals surface area (Å²) in [5.41, 5.74) is 1.60. The van der Waals surface area contributed by atoms with Crippen LogP contribution in [0.1, 0.15) is 31.2 Å². The Labute approximate surface area is 183 Å². The lowest BCUT2D eigenvalue weighted by atomic mass is 9.75. The molecule has 0 amide bonds. The van der Waals surface area contributed by atoms with Gasteiger partial charge in [-0.15, -0.1) is 10.2 Å². The highest BCUT2D eigenvalue weighted by Gasteiger charge is 2.43. The number of carbonyl (C=O) groups is 2. The molecule has 1 aromatic carbocycles. The number of ether oxygens (including phenoxy) is 3. The molecular formula is C20H22ClN5O5. The summed E-state index contributed by atoms with van der Waals surface area (Å²) in [5, 5.41) is 13.9. The quantitative estimate of drug-likeness (QED) is 0.610. The van der Waals surface area contributed by atoms with Crippen molar-refractivity contribution >= 4 is 29.3 Å². The zero-order valence-electron chi connectivity index (χ0n) is 17.3. The minimum absolute atomic E-state index is 0.0329. The van der Waals surface area contributed by atoms with E-state index in [1.54, 1.807) is 38.1 Å². The monoisotopic (exact) mass is 447 g/mol. The van der Waals surface area contributed by atoms with Crippen molar-refractivity contribution in [2.24, 2.45) is 10.9 Å². The van der Waals surface area contributed by atoms with Crippen LogP contribution in [0, 0.1) is 5.92 Å². The van der Waals surface area contributed by atoms with E-state index in [0.717, 1.165) is 0 Å². The second-order valence-electron chi connectivity index (χ2n) is 6.65. The van der Waals surface area contributed by atoms with Gasteiger partial charge in [-0.05, 0) is 25.5 Å². The first kappa shape index (κ1) is 22.6. The Morgan fingerprint density at radius 1 is 1.23 bits per heavy atom. The van der Waals surface area contributed by atoms with Crippen molar-refractivity contribution in [2.45, 2.75) is 26.4 Å². The molecule has 1 N–H and O–H groups in total. The lowest BCUT2D eigenvalue weighted by molar-refractivity contribution is -0.144. The highest BCUT2D eigenvalue weighted by molar-refractivity contribution is 6.31. The summed E-state index contributed by atoms with van der Waals surface area (Å²) in [6, 6.07) is 7.01. The molecule has 2 atom stereocenters. The van der Waals surface area contributed by atoms with Crippen LogP contribution in [0.3, 0.4) is 0 Å². The van der Waals surface area contributed by atoms with E-state index in [-0.39, 0.29) is 25.4 Å². The SMILES string of the molecule is CCOC(=O)C1=C(COCc2nn[nH]n2)N=C(C)C(C(=O)OC)C1c1ccccc1Cl. The van der Waals surface area contributed by atoms with Crippen LogP contribution in [0.25, 0.3) is 0 Å². The summed E-state index contributed by atoms with van der Waals surface area (Å²) in [6.07, 6.45) is 0. The molecule has 0 spiro atoms. The molecule has 1 aromatic heterocycles. The Bertz CT molecular complexity index is 1010. The summed E-state index contributed by atoms with van der Waals surface area (Å²) >= 11 is 6.46. The van der Waals surface area contributed by atoms with Gasteiger partial charge < -0.3 is 14.2 Å². The fourth-order valence-corrected chi connectivity index (χ4v) is 3.73. The summed E-state index contributed by atoms with van der Waals surface area (Å²) in [6.45, 7) is 3.58. The van der Waals surface area contributed by atoms with E-state index in [1.807, 2.05) is 0 Å². The van der Waals surface area contributed by atoms with Gasteiger partial charge in [-0.25, -0.2) is 4.79 Å². The first-order valence-electron chi connectivity index (χ1n) is 9.55. The van der Waals surface area contributed by atoms with E-state index in [4.69, 9.17) is 25.8 Å². The van der Waals surface area contributed by atoms with Crippen molar-refractivity contribution in [3.63, 3.8) is 0 Å². The highest BCUT2D eigenvalue weighted by Crippen LogP contribution is 2.42. The van der Waals surface area contributed by atoms with E-state index >= 15 is 0 Å². The summed E-state index contributed by atoms with van der Waals surface area (Å²) in [5.74, 6) is -2.37. The van der Waals surface area contributed by atoms with E-state index in [2.05, 4.69) is 25.6 Å².